The van der Waals surface area contributed by atoms with Crippen LogP contribution in [0.3, 0.4) is 0 Å². The van der Waals surface area contributed by atoms with Gasteiger partial charge in [0.15, 0.2) is 0 Å². The molecule has 0 atom stereocenters. The van der Waals surface area contributed by atoms with Crippen LogP contribution < -0.4 is 0 Å². The van der Waals surface area contributed by atoms with Gasteiger partial charge in [0.1, 0.15) is 16.6 Å². The molecule has 0 aromatic carbocycles. The smallest absolute Gasteiger partial charge is 0.224 e. The number of pyridine rings is 1. The first-order chi connectivity index (χ1) is 7.69. The van der Waals surface area contributed by atoms with Crippen LogP contribution in [0, 0.1) is 0 Å². The zero-order valence-electron chi connectivity index (χ0n) is 7.62. The van der Waals surface area contributed by atoms with Crippen LogP contribution in [0.1, 0.15) is 0 Å². The van der Waals surface area contributed by atoms with Gasteiger partial charge < -0.3 is 0 Å². The van der Waals surface area contributed by atoms with Crippen molar-refractivity contribution >= 4 is 29.2 Å². The Bertz CT molecular complexity index is 552. The molecule has 7 nitrogen and oxygen atoms in total. The van der Waals surface area contributed by atoms with Crippen LogP contribution in [-0.4, -0.2) is 19.7 Å². The van der Waals surface area contributed by atoms with Crippen molar-refractivity contribution in [2.75, 3.05) is 0 Å². The molecule has 80 valence electrons. The monoisotopic (exact) mass is 255 g/mol. The summed E-state index contributed by atoms with van der Waals surface area (Å²) in [7, 11) is 0. The second-order valence-corrected chi connectivity index (χ2v) is 3.42. The fraction of sp³-hybridized carbons (Fsp3) is 0. The SMILES string of the molecule is [N-]=[N+]=Nc1ncn(-c2cc(Cl)nc(Cl)c2)n1. The maximum Gasteiger partial charge on any atom is 0.238 e. The second kappa shape index (κ2) is 4.36. The Morgan fingerprint density at radius 2 is 2.00 bits per heavy atom. The molecule has 0 aliphatic rings. The van der Waals surface area contributed by atoms with Gasteiger partial charge in [-0.2, -0.15) is 0 Å². The van der Waals surface area contributed by atoms with Crippen molar-refractivity contribution in [3.8, 4) is 5.69 Å². The third-order valence-electron chi connectivity index (χ3n) is 1.63. The van der Waals surface area contributed by atoms with E-state index in [-0.39, 0.29) is 16.3 Å². The van der Waals surface area contributed by atoms with Gasteiger partial charge in [-0.1, -0.05) is 23.2 Å². The number of hydrogen-bond donors (Lipinski definition) is 0. The molecular weight excluding hydrogens is 253 g/mol. The first kappa shape index (κ1) is 10.7. The summed E-state index contributed by atoms with van der Waals surface area (Å²) >= 11 is 11.5. The molecule has 2 heterocycles. The summed E-state index contributed by atoms with van der Waals surface area (Å²) in [5, 5.41) is 7.62. The second-order valence-electron chi connectivity index (χ2n) is 2.65. The van der Waals surface area contributed by atoms with E-state index in [1.54, 1.807) is 12.1 Å². The van der Waals surface area contributed by atoms with Gasteiger partial charge in [-0.25, -0.2) is 14.6 Å². The van der Waals surface area contributed by atoms with Gasteiger partial charge in [-0.3, -0.25) is 0 Å². The molecular formula is C7H3Cl2N7. The largest absolute Gasteiger partial charge is 0.238 e. The molecule has 0 saturated carbocycles. The minimum Gasteiger partial charge on any atom is -0.224 e. The zero-order valence-corrected chi connectivity index (χ0v) is 9.13. The Labute approximate surface area is 99.3 Å². The highest BCUT2D eigenvalue weighted by molar-refractivity contribution is 6.32. The van der Waals surface area contributed by atoms with Crippen molar-refractivity contribution in [2.45, 2.75) is 0 Å². The van der Waals surface area contributed by atoms with Crippen LogP contribution in [-0.2, 0) is 0 Å². The molecule has 0 spiro atoms. The lowest BCUT2D eigenvalue weighted by atomic mass is 10.4. The highest BCUT2D eigenvalue weighted by atomic mass is 35.5. The van der Waals surface area contributed by atoms with Gasteiger partial charge >= 0.3 is 0 Å². The van der Waals surface area contributed by atoms with Crippen LogP contribution in [0.5, 0.6) is 0 Å². The predicted molar refractivity (Wildman–Crippen MR) is 58.0 cm³/mol. The lowest BCUT2D eigenvalue weighted by Gasteiger charge is -2.00. The van der Waals surface area contributed by atoms with Gasteiger partial charge in [0, 0.05) is 17.0 Å². The van der Waals surface area contributed by atoms with Gasteiger partial charge in [0.2, 0.25) is 5.95 Å². The van der Waals surface area contributed by atoms with Crippen molar-refractivity contribution in [3.63, 3.8) is 0 Å². The summed E-state index contributed by atoms with van der Waals surface area (Å²) in [5.41, 5.74) is 8.79. The number of rotatable bonds is 2. The summed E-state index contributed by atoms with van der Waals surface area (Å²) < 4.78 is 1.38. The van der Waals surface area contributed by atoms with E-state index in [1.807, 2.05) is 0 Å². The summed E-state index contributed by atoms with van der Waals surface area (Å²) in [6.45, 7) is 0. The first-order valence-electron chi connectivity index (χ1n) is 3.99. The fourth-order valence-corrected chi connectivity index (χ4v) is 1.50. The molecule has 0 fully saturated rings. The molecule has 0 amide bonds. The van der Waals surface area contributed by atoms with E-state index in [4.69, 9.17) is 28.7 Å². The molecule has 0 N–H and O–H groups in total. The lowest BCUT2D eigenvalue weighted by Crippen LogP contribution is -1.95. The van der Waals surface area contributed by atoms with Crippen molar-refractivity contribution < 1.29 is 0 Å². The average molecular weight is 256 g/mol. The maximum absolute atomic E-state index is 8.20. The average Bonchev–Trinajstić information content (AvgIpc) is 2.65. The number of azide groups is 1. The zero-order chi connectivity index (χ0) is 11.5. The van der Waals surface area contributed by atoms with Crippen molar-refractivity contribution in [1.29, 1.82) is 0 Å². The van der Waals surface area contributed by atoms with E-state index >= 15 is 0 Å². The summed E-state index contributed by atoms with van der Waals surface area (Å²) in [6, 6.07) is 3.12. The Morgan fingerprint density at radius 1 is 1.31 bits per heavy atom. The number of halogens is 2. The highest BCUT2D eigenvalue weighted by Crippen LogP contribution is 2.18. The molecule has 0 radical (unpaired) electrons. The number of hydrogen-bond acceptors (Lipinski definition) is 4. The molecule has 16 heavy (non-hydrogen) atoms. The van der Waals surface area contributed by atoms with Crippen molar-refractivity contribution in [1.82, 2.24) is 19.7 Å². The summed E-state index contributed by atoms with van der Waals surface area (Å²) in [6.07, 6.45) is 1.38. The summed E-state index contributed by atoms with van der Waals surface area (Å²) in [4.78, 5) is 10.1. The maximum atomic E-state index is 8.20. The van der Waals surface area contributed by atoms with E-state index in [2.05, 4.69) is 25.1 Å². The number of nitrogens with zero attached hydrogens (tertiary/aromatic N) is 7. The topological polar surface area (TPSA) is 92.4 Å². The van der Waals surface area contributed by atoms with Gasteiger partial charge in [0.25, 0.3) is 0 Å². The predicted octanol–water partition coefficient (Wildman–Crippen LogP) is 2.91. The van der Waals surface area contributed by atoms with Gasteiger partial charge in [0.05, 0.1) is 5.69 Å². The van der Waals surface area contributed by atoms with Crippen LogP contribution in [0.4, 0.5) is 5.95 Å². The van der Waals surface area contributed by atoms with Crippen LogP contribution in [0.2, 0.25) is 10.3 Å². The normalized spacial score (nSPS) is 9.88. The molecule has 2 rings (SSSR count). The molecule has 0 aliphatic carbocycles. The van der Waals surface area contributed by atoms with E-state index in [0.29, 0.717) is 5.69 Å². The Hall–Kier alpha value is -1.82. The minimum absolute atomic E-state index is 0.0200. The third-order valence-corrected chi connectivity index (χ3v) is 2.01. The minimum atomic E-state index is 0.0200. The van der Waals surface area contributed by atoms with E-state index in [9.17, 15) is 0 Å². The fourth-order valence-electron chi connectivity index (χ4n) is 1.05. The van der Waals surface area contributed by atoms with Crippen LogP contribution >= 0.6 is 23.2 Å². The molecule has 0 unspecified atom stereocenters. The Balaban J connectivity index is 2.45. The van der Waals surface area contributed by atoms with E-state index in [0.717, 1.165) is 0 Å². The quantitative estimate of drug-likeness (QED) is 0.358. The molecule has 9 heteroatoms. The summed E-state index contributed by atoms with van der Waals surface area (Å²) in [5.74, 6) is 0.0200. The Kier molecular flexibility index (Phi) is 2.91. The molecule has 2 aromatic rings. The van der Waals surface area contributed by atoms with E-state index in [1.165, 1.54) is 11.0 Å². The number of aromatic nitrogens is 4. The molecule has 0 bridgehead atoms. The Morgan fingerprint density at radius 3 is 2.62 bits per heavy atom. The van der Waals surface area contributed by atoms with Gasteiger partial charge in [-0.15, -0.1) is 5.10 Å². The van der Waals surface area contributed by atoms with Crippen LogP contribution in [0.25, 0.3) is 16.1 Å². The van der Waals surface area contributed by atoms with E-state index < -0.39 is 0 Å². The third kappa shape index (κ3) is 2.22. The van der Waals surface area contributed by atoms with Crippen molar-refractivity contribution in [3.05, 3.63) is 39.2 Å². The van der Waals surface area contributed by atoms with Gasteiger partial charge in [-0.05, 0) is 10.6 Å². The van der Waals surface area contributed by atoms with Crippen molar-refractivity contribution in [2.24, 2.45) is 5.11 Å². The highest BCUT2D eigenvalue weighted by Gasteiger charge is 2.04. The molecule has 2 aromatic heterocycles. The molecule has 0 aliphatic heterocycles. The standard InChI is InChI=1S/C7H3Cl2N7/c8-5-1-4(2-6(9)12-5)16-3-11-7(14-16)13-15-10/h1-3H. The lowest BCUT2D eigenvalue weighted by molar-refractivity contribution is 0.875. The first-order valence-corrected chi connectivity index (χ1v) is 4.75. The molecule has 0 saturated heterocycles. The van der Waals surface area contributed by atoms with Crippen LogP contribution in [0.15, 0.2) is 23.6 Å².